The number of hydrogen-bond donors (Lipinski definition) is 2. The van der Waals surface area contributed by atoms with Gasteiger partial charge >= 0.3 is 0 Å². The number of methoxy groups -OCH3 is 1. The van der Waals surface area contributed by atoms with Gasteiger partial charge in [-0.3, -0.25) is 0 Å². The van der Waals surface area contributed by atoms with Crippen LogP contribution in [0.25, 0.3) is 0 Å². The van der Waals surface area contributed by atoms with E-state index in [0.717, 1.165) is 0 Å². The lowest BCUT2D eigenvalue weighted by Crippen LogP contribution is -2.06. The molecule has 0 aliphatic rings. The predicted molar refractivity (Wildman–Crippen MR) is 55.1 cm³/mol. The number of aromatic nitrogens is 1. The molecule has 0 spiro atoms. The van der Waals surface area contributed by atoms with Crippen molar-refractivity contribution < 1.29 is 9.84 Å². The van der Waals surface area contributed by atoms with Crippen molar-refractivity contribution in [2.75, 3.05) is 19.5 Å². The summed E-state index contributed by atoms with van der Waals surface area (Å²) < 4.78 is 4.85. The number of aliphatic hydroxyl groups excluding tert-OH is 1. The van der Waals surface area contributed by atoms with Gasteiger partial charge in [0.05, 0.1) is 11.1 Å². The van der Waals surface area contributed by atoms with Crippen molar-refractivity contribution in [2.45, 2.75) is 12.5 Å². The molecule has 1 aromatic heterocycles. The number of anilines is 1. The molecule has 0 aliphatic carbocycles. The zero-order chi connectivity index (χ0) is 10.6. The first kappa shape index (κ1) is 11.2. The Labute approximate surface area is 87.7 Å². The zero-order valence-electron chi connectivity index (χ0n) is 7.90. The Morgan fingerprint density at radius 1 is 1.71 bits per heavy atom. The Hall–Kier alpha value is -0.840. The number of halogens is 1. The van der Waals surface area contributed by atoms with E-state index in [-0.39, 0.29) is 0 Å². The number of rotatable bonds is 4. The quantitative estimate of drug-likeness (QED) is 0.798. The van der Waals surface area contributed by atoms with Crippen molar-refractivity contribution in [3.63, 3.8) is 0 Å². The smallest absolute Gasteiger partial charge is 0.129 e. The van der Waals surface area contributed by atoms with Crippen molar-refractivity contribution >= 4 is 17.4 Å². The predicted octanol–water partition coefficient (Wildman–Crippen LogP) is 1.39. The Kier molecular flexibility index (Phi) is 4.13. The van der Waals surface area contributed by atoms with Crippen LogP contribution < -0.4 is 5.73 Å². The summed E-state index contributed by atoms with van der Waals surface area (Å²) in [6, 6.07) is 1.62. The van der Waals surface area contributed by atoms with Crippen LogP contribution >= 0.6 is 11.6 Å². The fourth-order valence-electron chi connectivity index (χ4n) is 1.12. The van der Waals surface area contributed by atoms with Crippen LogP contribution in [-0.4, -0.2) is 23.8 Å². The first-order valence-corrected chi connectivity index (χ1v) is 4.61. The van der Waals surface area contributed by atoms with Crippen LogP contribution in [0.15, 0.2) is 12.3 Å². The van der Waals surface area contributed by atoms with E-state index in [1.165, 1.54) is 6.20 Å². The van der Waals surface area contributed by atoms with Gasteiger partial charge in [-0.15, -0.1) is 0 Å². The monoisotopic (exact) mass is 216 g/mol. The number of hydrogen-bond acceptors (Lipinski definition) is 4. The average Bonchev–Trinajstić information content (AvgIpc) is 2.18. The van der Waals surface area contributed by atoms with Crippen LogP contribution in [0.4, 0.5) is 5.82 Å². The number of nitrogen functional groups attached to an aromatic ring is 1. The summed E-state index contributed by atoms with van der Waals surface area (Å²) in [6.07, 6.45) is 1.24. The summed E-state index contributed by atoms with van der Waals surface area (Å²) in [4.78, 5) is 3.85. The van der Waals surface area contributed by atoms with Crippen LogP contribution in [0, 0.1) is 0 Å². The molecule has 1 heterocycles. The highest BCUT2D eigenvalue weighted by molar-refractivity contribution is 6.30. The second-order valence-corrected chi connectivity index (χ2v) is 3.36. The van der Waals surface area contributed by atoms with Crippen molar-refractivity contribution in [3.8, 4) is 0 Å². The van der Waals surface area contributed by atoms with E-state index >= 15 is 0 Å². The minimum Gasteiger partial charge on any atom is -0.388 e. The van der Waals surface area contributed by atoms with E-state index in [2.05, 4.69) is 4.98 Å². The zero-order valence-corrected chi connectivity index (χ0v) is 8.66. The van der Waals surface area contributed by atoms with Crippen LogP contribution in [0.5, 0.6) is 0 Å². The van der Waals surface area contributed by atoms with Crippen LogP contribution in [-0.2, 0) is 4.74 Å². The molecule has 0 aliphatic heterocycles. The molecule has 1 atom stereocenters. The minimum absolute atomic E-state index is 0.304. The number of nitrogens with zero attached hydrogens (tertiary/aromatic N) is 1. The molecule has 1 aromatic rings. The van der Waals surface area contributed by atoms with E-state index in [4.69, 9.17) is 22.1 Å². The van der Waals surface area contributed by atoms with E-state index < -0.39 is 6.10 Å². The summed E-state index contributed by atoms with van der Waals surface area (Å²) in [7, 11) is 1.58. The van der Waals surface area contributed by atoms with Gasteiger partial charge in [-0.05, 0) is 6.07 Å². The molecule has 0 bridgehead atoms. The molecule has 0 radical (unpaired) electrons. The maximum atomic E-state index is 9.70. The molecule has 0 aromatic carbocycles. The topological polar surface area (TPSA) is 68.4 Å². The number of nitrogens with two attached hydrogens (primary N) is 1. The lowest BCUT2D eigenvalue weighted by molar-refractivity contribution is 0.111. The summed E-state index contributed by atoms with van der Waals surface area (Å²) in [5.74, 6) is 0.304. The molecule has 4 nitrogen and oxygen atoms in total. The first-order chi connectivity index (χ1) is 6.65. The van der Waals surface area contributed by atoms with E-state index in [0.29, 0.717) is 29.4 Å². The fraction of sp³-hybridized carbons (Fsp3) is 0.444. The molecular formula is C9H13ClN2O2. The van der Waals surface area contributed by atoms with E-state index in [1.807, 2.05) is 0 Å². The van der Waals surface area contributed by atoms with Gasteiger partial charge in [-0.25, -0.2) is 4.98 Å². The van der Waals surface area contributed by atoms with Gasteiger partial charge in [0, 0.05) is 31.9 Å². The standard InChI is InChI=1S/C9H13ClN2O2/c1-14-3-2-8(13)7-4-6(10)5-12-9(7)11/h4-5,8,13H,2-3H2,1H3,(H2,11,12). The second-order valence-electron chi connectivity index (χ2n) is 2.93. The van der Waals surface area contributed by atoms with Crippen molar-refractivity contribution in [1.82, 2.24) is 4.98 Å². The average molecular weight is 217 g/mol. The van der Waals surface area contributed by atoms with Gasteiger partial charge in [0.15, 0.2) is 0 Å². The van der Waals surface area contributed by atoms with Crippen LogP contribution in [0.2, 0.25) is 5.02 Å². The Balaban J connectivity index is 2.77. The Morgan fingerprint density at radius 3 is 3.07 bits per heavy atom. The SMILES string of the molecule is COCCC(O)c1cc(Cl)cnc1N. The van der Waals surface area contributed by atoms with Crippen LogP contribution in [0.3, 0.4) is 0 Å². The van der Waals surface area contributed by atoms with Crippen molar-refractivity contribution in [3.05, 3.63) is 22.8 Å². The van der Waals surface area contributed by atoms with Gasteiger partial charge < -0.3 is 15.6 Å². The van der Waals surface area contributed by atoms with E-state index in [9.17, 15) is 5.11 Å². The molecule has 0 saturated heterocycles. The van der Waals surface area contributed by atoms with Gasteiger partial charge in [0.1, 0.15) is 5.82 Å². The van der Waals surface area contributed by atoms with Crippen molar-refractivity contribution in [2.24, 2.45) is 0 Å². The molecular weight excluding hydrogens is 204 g/mol. The third-order valence-corrected chi connectivity index (χ3v) is 2.08. The fourth-order valence-corrected chi connectivity index (χ4v) is 1.28. The van der Waals surface area contributed by atoms with Gasteiger partial charge in [0.25, 0.3) is 0 Å². The normalized spacial score (nSPS) is 12.8. The summed E-state index contributed by atoms with van der Waals surface area (Å²) in [5, 5.41) is 10.2. The molecule has 1 unspecified atom stereocenters. The highest BCUT2D eigenvalue weighted by Crippen LogP contribution is 2.24. The van der Waals surface area contributed by atoms with Crippen molar-refractivity contribution in [1.29, 1.82) is 0 Å². The second kappa shape index (κ2) is 5.14. The summed E-state index contributed by atoms with van der Waals surface area (Å²) in [5.41, 5.74) is 6.14. The maximum absolute atomic E-state index is 9.70. The third-order valence-electron chi connectivity index (χ3n) is 1.87. The van der Waals surface area contributed by atoms with E-state index in [1.54, 1.807) is 13.2 Å². The number of ether oxygens (including phenoxy) is 1. The van der Waals surface area contributed by atoms with Gasteiger partial charge in [-0.2, -0.15) is 0 Å². The highest BCUT2D eigenvalue weighted by Gasteiger charge is 2.12. The summed E-state index contributed by atoms with van der Waals surface area (Å²) >= 11 is 5.73. The molecule has 0 amide bonds. The van der Waals surface area contributed by atoms with Gasteiger partial charge in [0.2, 0.25) is 0 Å². The number of aliphatic hydroxyl groups is 1. The number of pyridine rings is 1. The lowest BCUT2D eigenvalue weighted by atomic mass is 10.1. The first-order valence-electron chi connectivity index (χ1n) is 4.23. The third kappa shape index (κ3) is 2.83. The molecule has 1 rings (SSSR count). The molecule has 78 valence electrons. The minimum atomic E-state index is -0.679. The molecule has 3 N–H and O–H groups in total. The largest absolute Gasteiger partial charge is 0.388 e. The Morgan fingerprint density at radius 2 is 2.43 bits per heavy atom. The molecule has 14 heavy (non-hydrogen) atoms. The highest BCUT2D eigenvalue weighted by atomic mass is 35.5. The van der Waals surface area contributed by atoms with Crippen LogP contribution in [0.1, 0.15) is 18.1 Å². The lowest BCUT2D eigenvalue weighted by Gasteiger charge is -2.12. The molecule has 0 fully saturated rings. The molecule has 0 saturated carbocycles. The van der Waals surface area contributed by atoms with Gasteiger partial charge in [-0.1, -0.05) is 11.6 Å². The Bertz CT molecular complexity index is 307. The molecule has 5 heteroatoms. The maximum Gasteiger partial charge on any atom is 0.129 e. The summed E-state index contributed by atoms with van der Waals surface area (Å²) in [6.45, 7) is 0.465.